The number of hydrogen-bond donors (Lipinski definition) is 0. The molecule has 15 heavy (non-hydrogen) atoms. The number of carbonyl (C=O) groups excluding carboxylic acids is 1. The summed E-state index contributed by atoms with van der Waals surface area (Å²) >= 11 is 0. The molecule has 0 spiro atoms. The van der Waals surface area contributed by atoms with Gasteiger partial charge in [0.1, 0.15) is 0 Å². The van der Waals surface area contributed by atoms with Crippen LogP contribution in [0.2, 0.25) is 0 Å². The molecule has 1 rings (SSSR count). The summed E-state index contributed by atoms with van der Waals surface area (Å²) in [6.07, 6.45) is 0.611. The van der Waals surface area contributed by atoms with E-state index in [1.54, 1.807) is 25.1 Å². The van der Waals surface area contributed by atoms with Crippen LogP contribution in [-0.4, -0.2) is 12.6 Å². The number of hydrogen-bond acceptors (Lipinski definition) is 3. The predicted molar refractivity (Wildman–Crippen MR) is 58.0 cm³/mol. The summed E-state index contributed by atoms with van der Waals surface area (Å²) in [5.41, 5.74) is 1.01. The topological polar surface area (TPSA) is 43.4 Å². The molecule has 3 nitrogen and oxygen atoms in total. The molecule has 0 unspecified atom stereocenters. The van der Waals surface area contributed by atoms with Gasteiger partial charge in [-0.15, -0.1) is 0 Å². The third-order valence-electron chi connectivity index (χ3n) is 2.06. The van der Waals surface area contributed by atoms with E-state index in [0.29, 0.717) is 24.2 Å². The lowest BCUT2D eigenvalue weighted by atomic mass is 10.2. The predicted octanol–water partition coefficient (Wildman–Crippen LogP) is 1.79. The summed E-state index contributed by atoms with van der Waals surface area (Å²) < 4.78 is 4.87. The van der Waals surface area contributed by atoms with Gasteiger partial charge in [0.2, 0.25) is 0 Å². The van der Waals surface area contributed by atoms with Gasteiger partial charge in [-0.25, -0.2) is 4.79 Å². The number of esters is 1. The average molecular weight is 206 g/mol. The maximum atomic E-state index is 11.4. The molecule has 0 bridgehead atoms. The molecule has 0 heterocycles. The van der Waals surface area contributed by atoms with E-state index < -0.39 is 0 Å². The molecule has 3 heteroatoms. The average Bonchev–Trinajstić information content (AvgIpc) is 2.40. The zero-order valence-electron chi connectivity index (χ0n) is 8.95. The van der Waals surface area contributed by atoms with Gasteiger partial charge in [0, 0.05) is 5.56 Å². The molecule has 80 valence electrons. The molecule has 1 aromatic carbocycles. The van der Waals surface area contributed by atoms with Crippen molar-refractivity contribution in [2.75, 3.05) is 6.61 Å². The second kappa shape index (κ2) is 5.29. The molecule has 0 atom stereocenters. The molecule has 0 fully saturated rings. The number of ether oxygens (including phenoxy) is 1. The Labute approximate surface area is 88.7 Å². The highest BCUT2D eigenvalue weighted by molar-refractivity contribution is 5.89. The molecule has 1 aromatic rings. The maximum absolute atomic E-state index is 11.4. The van der Waals surface area contributed by atoms with E-state index in [4.69, 9.17) is 4.74 Å². The first-order valence-corrected chi connectivity index (χ1v) is 4.99. The van der Waals surface area contributed by atoms with E-state index in [2.05, 4.69) is 0 Å². The van der Waals surface area contributed by atoms with Gasteiger partial charge >= 0.3 is 5.97 Å². The number of aryl methyl sites for hydroxylation is 1. The fourth-order valence-corrected chi connectivity index (χ4v) is 1.27. The van der Waals surface area contributed by atoms with Crippen molar-refractivity contribution in [1.29, 1.82) is 0 Å². The van der Waals surface area contributed by atoms with Crippen LogP contribution in [0.3, 0.4) is 0 Å². The van der Waals surface area contributed by atoms with Gasteiger partial charge in [-0.3, -0.25) is 4.79 Å². The van der Waals surface area contributed by atoms with Crippen molar-refractivity contribution >= 4 is 5.97 Å². The summed E-state index contributed by atoms with van der Waals surface area (Å²) in [5.74, 6) is -0.386. The summed E-state index contributed by atoms with van der Waals surface area (Å²) in [4.78, 5) is 22.9. The lowest BCUT2D eigenvalue weighted by molar-refractivity contribution is 0.0526. The molecular formula is C12H14O3. The van der Waals surface area contributed by atoms with Crippen molar-refractivity contribution in [3.05, 3.63) is 45.6 Å². The van der Waals surface area contributed by atoms with Crippen molar-refractivity contribution < 1.29 is 9.53 Å². The Hall–Kier alpha value is -1.64. The second-order valence-corrected chi connectivity index (χ2v) is 3.09. The molecule has 0 N–H and O–H groups in total. The third-order valence-corrected chi connectivity index (χ3v) is 2.06. The quantitative estimate of drug-likeness (QED) is 0.708. The van der Waals surface area contributed by atoms with Gasteiger partial charge in [-0.05, 0) is 31.5 Å². The first kappa shape index (κ1) is 11.4. The molecule has 0 aliphatic heterocycles. The Kier molecular flexibility index (Phi) is 4.03. The third kappa shape index (κ3) is 2.91. The molecule has 0 amide bonds. The minimum absolute atomic E-state index is 0.0481. The molecule has 0 aliphatic rings. The summed E-state index contributed by atoms with van der Waals surface area (Å²) in [6, 6.07) is 6.23. The van der Waals surface area contributed by atoms with Crippen LogP contribution < -0.4 is 5.43 Å². The monoisotopic (exact) mass is 206 g/mol. The summed E-state index contributed by atoms with van der Waals surface area (Å²) in [7, 11) is 0. The highest BCUT2D eigenvalue weighted by Gasteiger charge is 2.06. The highest BCUT2D eigenvalue weighted by atomic mass is 16.5. The van der Waals surface area contributed by atoms with Gasteiger partial charge in [0.05, 0.1) is 12.2 Å². The normalized spacial score (nSPS) is 9.73. The summed E-state index contributed by atoms with van der Waals surface area (Å²) in [5, 5.41) is 0. The molecule has 0 aromatic heterocycles. The van der Waals surface area contributed by atoms with Crippen molar-refractivity contribution in [1.82, 2.24) is 0 Å². The zero-order chi connectivity index (χ0) is 11.3. The van der Waals surface area contributed by atoms with E-state index >= 15 is 0 Å². The Bertz CT molecular complexity index is 410. The molecule has 0 radical (unpaired) electrons. The van der Waals surface area contributed by atoms with Gasteiger partial charge in [0.25, 0.3) is 0 Å². The van der Waals surface area contributed by atoms with Crippen LogP contribution in [0.5, 0.6) is 0 Å². The van der Waals surface area contributed by atoms with Gasteiger partial charge in [0.15, 0.2) is 5.43 Å². The van der Waals surface area contributed by atoms with Crippen LogP contribution in [-0.2, 0) is 11.2 Å². The second-order valence-electron chi connectivity index (χ2n) is 3.09. The minimum atomic E-state index is -0.386. The van der Waals surface area contributed by atoms with Gasteiger partial charge in [-0.1, -0.05) is 13.0 Å². The van der Waals surface area contributed by atoms with E-state index in [0.717, 1.165) is 0 Å². The van der Waals surface area contributed by atoms with E-state index in [1.165, 1.54) is 6.07 Å². The van der Waals surface area contributed by atoms with Crippen LogP contribution in [0.1, 0.15) is 29.8 Å². The van der Waals surface area contributed by atoms with E-state index in [1.807, 2.05) is 6.92 Å². The van der Waals surface area contributed by atoms with Crippen molar-refractivity contribution in [3.63, 3.8) is 0 Å². The maximum Gasteiger partial charge on any atom is 0.338 e. The highest BCUT2D eigenvalue weighted by Crippen LogP contribution is 2.02. The standard InChI is InChI=1S/C12H14O3/c1-3-9-8-10(12(14)15-4-2)6-5-7-11(9)13/h5-8H,3-4H2,1-2H3. The smallest absolute Gasteiger partial charge is 0.338 e. The largest absolute Gasteiger partial charge is 0.462 e. The van der Waals surface area contributed by atoms with Crippen molar-refractivity contribution in [2.45, 2.75) is 20.3 Å². The summed E-state index contributed by atoms with van der Waals surface area (Å²) in [6.45, 7) is 3.97. The minimum Gasteiger partial charge on any atom is -0.462 e. The first-order valence-electron chi connectivity index (χ1n) is 4.99. The van der Waals surface area contributed by atoms with Crippen molar-refractivity contribution in [3.8, 4) is 0 Å². The molecule has 0 saturated heterocycles. The number of carbonyl (C=O) groups is 1. The fraction of sp³-hybridized carbons (Fsp3) is 0.333. The molecule has 0 aliphatic carbocycles. The van der Waals surface area contributed by atoms with Crippen LogP contribution in [0.25, 0.3) is 0 Å². The van der Waals surface area contributed by atoms with Crippen LogP contribution >= 0.6 is 0 Å². The Morgan fingerprint density at radius 2 is 2.07 bits per heavy atom. The fourth-order valence-electron chi connectivity index (χ4n) is 1.27. The van der Waals surface area contributed by atoms with E-state index in [9.17, 15) is 9.59 Å². The number of rotatable bonds is 3. The van der Waals surface area contributed by atoms with Crippen LogP contribution in [0, 0.1) is 0 Å². The Morgan fingerprint density at radius 1 is 1.33 bits per heavy atom. The molecular weight excluding hydrogens is 192 g/mol. The van der Waals surface area contributed by atoms with Crippen LogP contribution in [0.4, 0.5) is 0 Å². The Morgan fingerprint density at radius 3 is 2.67 bits per heavy atom. The SMILES string of the molecule is CCOC(=O)c1cccc(=O)c(CC)c1. The van der Waals surface area contributed by atoms with Gasteiger partial charge < -0.3 is 4.74 Å². The van der Waals surface area contributed by atoms with Crippen LogP contribution in [0.15, 0.2) is 29.1 Å². The van der Waals surface area contributed by atoms with E-state index in [-0.39, 0.29) is 11.4 Å². The molecule has 0 saturated carbocycles. The zero-order valence-corrected chi connectivity index (χ0v) is 8.95. The Balaban J connectivity index is 3.17. The first-order chi connectivity index (χ1) is 7.19. The lowest BCUT2D eigenvalue weighted by Gasteiger charge is -1.99. The lowest BCUT2D eigenvalue weighted by Crippen LogP contribution is -2.06. The van der Waals surface area contributed by atoms with Crippen molar-refractivity contribution in [2.24, 2.45) is 0 Å². The van der Waals surface area contributed by atoms with Gasteiger partial charge in [-0.2, -0.15) is 0 Å².